The molecule has 4 N–H and O–H groups in total. The van der Waals surface area contributed by atoms with Crippen LogP contribution in [0.2, 0.25) is 0 Å². The van der Waals surface area contributed by atoms with Crippen LogP contribution in [0.4, 0.5) is 4.79 Å². The molecule has 0 radical (unpaired) electrons. The van der Waals surface area contributed by atoms with Gasteiger partial charge in [-0.25, -0.2) is 19.6 Å². The van der Waals surface area contributed by atoms with Crippen molar-refractivity contribution in [3.8, 4) is 0 Å². The molecule has 0 bridgehead atoms. The summed E-state index contributed by atoms with van der Waals surface area (Å²) in [5, 5.41) is 12.4. The topological polar surface area (TPSA) is 201 Å². The predicted octanol–water partition coefficient (Wildman–Crippen LogP) is 3.15. The van der Waals surface area contributed by atoms with Crippen molar-refractivity contribution < 1.29 is 38.9 Å². The number of thioether (sulfide) groups is 1. The van der Waals surface area contributed by atoms with Crippen LogP contribution in [-0.2, 0) is 37.0 Å². The van der Waals surface area contributed by atoms with E-state index in [2.05, 4.69) is 20.3 Å². The monoisotopic (exact) mass is 699 g/mol. The predicted molar refractivity (Wildman–Crippen MR) is 182 cm³/mol. The average molecular weight is 700 g/mol. The molecule has 3 heterocycles. The van der Waals surface area contributed by atoms with Gasteiger partial charge in [0, 0.05) is 36.1 Å². The van der Waals surface area contributed by atoms with Gasteiger partial charge in [-0.3, -0.25) is 28.9 Å². The third-order valence-electron chi connectivity index (χ3n) is 7.54. The highest BCUT2D eigenvalue weighted by Gasteiger charge is 2.38. The van der Waals surface area contributed by atoms with E-state index in [4.69, 9.17) is 9.78 Å². The quantitative estimate of drug-likeness (QED) is 0.0273. The molecule has 48 heavy (non-hydrogen) atoms. The SMILES string of the molecule is CPC(=O)NCCSC1CC(=O)N(CCOOCCC/C(=C\C(=O)c2ccc(CCc3c[nH]c4nc(C)[nH]c(=O)c34)cc2)C(=O)O)C1=O. The molecule has 4 rings (SSSR count). The second-order valence-electron chi connectivity index (χ2n) is 10.9. The smallest absolute Gasteiger partial charge is 0.331 e. The van der Waals surface area contributed by atoms with Crippen LogP contribution in [0.3, 0.4) is 0 Å². The molecule has 3 aromatic rings. The molecule has 14 nitrogen and oxygen atoms in total. The lowest BCUT2D eigenvalue weighted by molar-refractivity contribution is -0.294. The Morgan fingerprint density at radius 3 is 2.62 bits per heavy atom. The number of aromatic amines is 2. The van der Waals surface area contributed by atoms with Crippen molar-refractivity contribution in [1.82, 2.24) is 25.2 Å². The van der Waals surface area contributed by atoms with E-state index in [1.165, 1.54) is 11.8 Å². The zero-order valence-corrected chi connectivity index (χ0v) is 28.4. The summed E-state index contributed by atoms with van der Waals surface area (Å²) < 4.78 is 0. The number of hydrogen-bond acceptors (Lipinski definition) is 10. The molecule has 16 heteroatoms. The Bertz CT molecular complexity index is 1740. The van der Waals surface area contributed by atoms with Gasteiger partial charge in [0.1, 0.15) is 18.1 Å². The van der Waals surface area contributed by atoms with Crippen molar-refractivity contribution in [2.24, 2.45) is 0 Å². The number of nitrogens with one attached hydrogen (secondary N) is 3. The molecule has 2 unspecified atom stereocenters. The van der Waals surface area contributed by atoms with Crippen molar-refractivity contribution in [2.45, 2.75) is 44.3 Å². The summed E-state index contributed by atoms with van der Waals surface area (Å²) in [6.45, 7) is 3.94. The van der Waals surface area contributed by atoms with Gasteiger partial charge in [0.15, 0.2) is 5.78 Å². The molecule has 256 valence electrons. The van der Waals surface area contributed by atoms with E-state index >= 15 is 0 Å². The summed E-state index contributed by atoms with van der Waals surface area (Å²) >= 11 is 1.33. The van der Waals surface area contributed by atoms with E-state index in [-0.39, 0.29) is 76.2 Å². The fourth-order valence-corrected chi connectivity index (χ4v) is 6.39. The Kier molecular flexibility index (Phi) is 13.6. The number of rotatable bonds is 19. The molecule has 0 aliphatic carbocycles. The molecule has 1 aromatic carbocycles. The van der Waals surface area contributed by atoms with E-state index in [0.717, 1.165) is 22.1 Å². The number of allylic oxidation sites excluding steroid dienone is 1. The number of nitrogens with zero attached hydrogens (tertiary/aromatic N) is 2. The first-order valence-electron chi connectivity index (χ1n) is 15.4. The number of H-pyrrole nitrogens is 2. The molecule has 1 aliphatic rings. The summed E-state index contributed by atoms with van der Waals surface area (Å²) in [4.78, 5) is 94.4. The first-order chi connectivity index (χ1) is 23.1. The van der Waals surface area contributed by atoms with E-state index in [1.54, 1.807) is 44.1 Å². The highest BCUT2D eigenvalue weighted by Crippen LogP contribution is 2.25. The van der Waals surface area contributed by atoms with Crippen molar-refractivity contribution >= 4 is 60.6 Å². The standard InChI is InChI=1S/C32H38N5O9PS/c1-19-35-28-27(29(40)36-19)23(18-34-28)10-7-20-5-8-21(9-6-20)24(38)16-22(31(42)43)4-3-13-45-46-14-12-37-26(39)17-25(30(37)41)48-15-11-33-32(44)47-2/h5-6,8-9,16,18,25,47H,3-4,7,10-15,17H2,1-2H3,(H,33,44)(H,42,43)(H2,34,35,36,40)/b22-16+. The normalized spacial score (nSPS) is 15.2. The average Bonchev–Trinajstić information content (AvgIpc) is 3.59. The lowest BCUT2D eigenvalue weighted by Gasteiger charge is -2.14. The maximum absolute atomic E-state index is 12.8. The molecule has 2 atom stereocenters. The summed E-state index contributed by atoms with van der Waals surface area (Å²) in [7, 11) is 0.156. The molecule has 0 saturated carbocycles. The molecule has 3 amide bonds. The van der Waals surface area contributed by atoms with Crippen LogP contribution >= 0.6 is 20.3 Å². The second-order valence-corrected chi connectivity index (χ2v) is 13.2. The van der Waals surface area contributed by atoms with Crippen LogP contribution in [-0.4, -0.2) is 98.1 Å². The number of carboxylic acids is 1. The Hall–Kier alpha value is -4.17. The molecule has 2 aromatic heterocycles. The summed E-state index contributed by atoms with van der Waals surface area (Å²) in [5.41, 5.74) is 2.36. The molecular formula is C32H38N5O9PS. The molecule has 1 fully saturated rings. The van der Waals surface area contributed by atoms with Gasteiger partial charge in [0.25, 0.3) is 5.56 Å². The number of carbonyl (C=O) groups excluding carboxylic acids is 4. The number of likely N-dealkylation sites (tertiary alicyclic amines) is 1. The van der Waals surface area contributed by atoms with Gasteiger partial charge in [-0.1, -0.05) is 24.3 Å². The number of aliphatic carboxylic acids is 1. The van der Waals surface area contributed by atoms with E-state index in [0.29, 0.717) is 47.6 Å². The summed E-state index contributed by atoms with van der Waals surface area (Å²) in [6, 6.07) is 6.88. The van der Waals surface area contributed by atoms with Crippen LogP contribution in [0.5, 0.6) is 0 Å². The maximum atomic E-state index is 12.8. The molecule has 1 saturated heterocycles. The van der Waals surface area contributed by atoms with Crippen molar-refractivity contribution in [3.63, 3.8) is 0 Å². The summed E-state index contributed by atoms with van der Waals surface area (Å²) in [5.74, 6) is -1.21. The summed E-state index contributed by atoms with van der Waals surface area (Å²) in [6.07, 6.45) is 4.49. The largest absolute Gasteiger partial charge is 0.478 e. The van der Waals surface area contributed by atoms with Gasteiger partial charge in [-0.15, -0.1) is 11.8 Å². The van der Waals surface area contributed by atoms with Gasteiger partial charge < -0.3 is 20.4 Å². The highest BCUT2D eigenvalue weighted by atomic mass is 32.2. The lowest BCUT2D eigenvalue weighted by Crippen LogP contribution is -2.34. The molecular weight excluding hydrogens is 661 g/mol. The number of carboxylic acid groups (broad SMARTS) is 1. The number of aryl methyl sites for hydroxylation is 3. The maximum Gasteiger partial charge on any atom is 0.331 e. The number of fused-ring (bicyclic) bond motifs is 1. The minimum absolute atomic E-state index is 0.0238. The first kappa shape index (κ1) is 36.7. The Morgan fingerprint density at radius 2 is 1.90 bits per heavy atom. The number of ketones is 1. The third-order valence-corrected chi connectivity index (χ3v) is 9.38. The number of hydrogen-bond donors (Lipinski definition) is 4. The minimum atomic E-state index is -1.22. The van der Waals surface area contributed by atoms with Crippen LogP contribution in [0.1, 0.15) is 46.6 Å². The lowest BCUT2D eigenvalue weighted by atomic mass is 10.0. The third kappa shape index (κ3) is 10.2. The van der Waals surface area contributed by atoms with E-state index in [9.17, 15) is 33.9 Å². The minimum Gasteiger partial charge on any atom is -0.478 e. The van der Waals surface area contributed by atoms with Gasteiger partial charge in [-0.05, 0) is 65.1 Å². The Balaban J connectivity index is 1.16. The molecule has 0 spiro atoms. The number of aromatic nitrogens is 3. The van der Waals surface area contributed by atoms with Crippen LogP contribution < -0.4 is 10.9 Å². The number of benzene rings is 1. The van der Waals surface area contributed by atoms with Crippen LogP contribution in [0.25, 0.3) is 11.0 Å². The Labute approximate surface area is 282 Å². The first-order valence-corrected chi connectivity index (χ1v) is 17.9. The fraction of sp³-hybridized carbons (Fsp3) is 0.406. The zero-order valence-electron chi connectivity index (χ0n) is 26.6. The van der Waals surface area contributed by atoms with Crippen LogP contribution in [0, 0.1) is 6.92 Å². The van der Waals surface area contributed by atoms with Gasteiger partial charge >= 0.3 is 5.97 Å². The second kappa shape index (κ2) is 17.8. The van der Waals surface area contributed by atoms with Gasteiger partial charge in [0.2, 0.25) is 17.5 Å². The van der Waals surface area contributed by atoms with E-state index in [1.807, 2.05) is 0 Å². The van der Waals surface area contributed by atoms with Crippen LogP contribution in [0.15, 0.2) is 46.9 Å². The van der Waals surface area contributed by atoms with Gasteiger partial charge in [0.05, 0.1) is 23.8 Å². The van der Waals surface area contributed by atoms with Crippen molar-refractivity contribution in [3.05, 3.63) is 75.0 Å². The molecule has 1 aliphatic heterocycles. The van der Waals surface area contributed by atoms with E-state index < -0.39 is 17.0 Å². The number of carbonyl (C=O) groups is 5. The van der Waals surface area contributed by atoms with Gasteiger partial charge in [-0.2, -0.15) is 0 Å². The fourth-order valence-electron chi connectivity index (χ4n) is 5.05. The van der Waals surface area contributed by atoms with Crippen molar-refractivity contribution in [1.29, 1.82) is 0 Å². The number of amides is 3. The highest BCUT2D eigenvalue weighted by molar-refractivity contribution is 8.00. The number of imide groups is 1. The van der Waals surface area contributed by atoms with Crippen molar-refractivity contribution in [2.75, 3.05) is 38.7 Å². The zero-order chi connectivity index (χ0) is 34.6. The Morgan fingerprint density at radius 1 is 1.15 bits per heavy atom.